The summed E-state index contributed by atoms with van der Waals surface area (Å²) in [5.74, 6) is 1.30. The summed E-state index contributed by atoms with van der Waals surface area (Å²) in [5, 5.41) is 4.15. The highest BCUT2D eigenvalue weighted by molar-refractivity contribution is 6.33. The predicted molar refractivity (Wildman–Crippen MR) is 116 cm³/mol. The first-order valence-corrected chi connectivity index (χ1v) is 10.4. The number of pyridine rings is 1. The lowest BCUT2D eigenvalue weighted by molar-refractivity contribution is 0.305. The van der Waals surface area contributed by atoms with Gasteiger partial charge in [-0.05, 0) is 54.3 Å². The van der Waals surface area contributed by atoms with Crippen LogP contribution in [0.3, 0.4) is 0 Å². The van der Waals surface area contributed by atoms with Crippen LogP contribution in [-0.2, 0) is 6.61 Å². The maximum absolute atomic E-state index is 13.3. The van der Waals surface area contributed by atoms with Crippen LogP contribution < -0.4 is 10.1 Å². The Morgan fingerprint density at radius 2 is 1.86 bits per heavy atom. The lowest BCUT2D eigenvalue weighted by Gasteiger charge is -2.23. The average molecular weight is 411 g/mol. The van der Waals surface area contributed by atoms with Crippen LogP contribution in [0, 0.1) is 5.82 Å². The Labute approximate surface area is 175 Å². The summed E-state index contributed by atoms with van der Waals surface area (Å²) < 4.78 is 19.2. The van der Waals surface area contributed by atoms with E-state index in [1.807, 2.05) is 36.4 Å². The van der Waals surface area contributed by atoms with Crippen molar-refractivity contribution in [2.24, 2.45) is 0 Å². The number of hydrogen-bond acceptors (Lipinski definition) is 3. The fourth-order valence-electron chi connectivity index (χ4n) is 3.74. The molecule has 0 atom stereocenters. The highest BCUT2D eigenvalue weighted by Crippen LogP contribution is 2.32. The number of nitrogens with zero attached hydrogens (tertiary/aromatic N) is 1. The second-order valence-electron chi connectivity index (χ2n) is 7.48. The molecule has 5 heteroatoms. The van der Waals surface area contributed by atoms with E-state index in [2.05, 4.69) is 10.3 Å². The van der Waals surface area contributed by atoms with Gasteiger partial charge in [0.2, 0.25) is 0 Å². The van der Waals surface area contributed by atoms with E-state index in [-0.39, 0.29) is 5.82 Å². The molecule has 3 nitrogen and oxygen atoms in total. The van der Waals surface area contributed by atoms with Crippen LogP contribution in [0.5, 0.6) is 5.75 Å². The molecular weight excluding hydrogens is 387 g/mol. The Kier molecular flexibility index (Phi) is 6.30. The van der Waals surface area contributed by atoms with E-state index in [4.69, 9.17) is 16.3 Å². The molecule has 0 bridgehead atoms. The van der Waals surface area contributed by atoms with Gasteiger partial charge >= 0.3 is 0 Å². The smallest absolute Gasteiger partial charge is 0.126 e. The molecule has 0 saturated heterocycles. The summed E-state index contributed by atoms with van der Waals surface area (Å²) in [6, 6.07) is 16.7. The SMILES string of the molecule is Fc1cccc(COc2cccc(-c3cc(NC4CCCCC4)ncc3Cl)c2)c1. The van der Waals surface area contributed by atoms with Gasteiger partial charge in [-0.15, -0.1) is 0 Å². The normalized spacial score (nSPS) is 14.6. The van der Waals surface area contributed by atoms with Crippen LogP contribution in [0.25, 0.3) is 11.1 Å². The van der Waals surface area contributed by atoms with E-state index in [9.17, 15) is 4.39 Å². The number of hydrogen-bond donors (Lipinski definition) is 1. The molecule has 150 valence electrons. The molecule has 0 spiro atoms. The summed E-state index contributed by atoms with van der Waals surface area (Å²) in [7, 11) is 0. The minimum atomic E-state index is -0.263. The second kappa shape index (κ2) is 9.27. The summed E-state index contributed by atoms with van der Waals surface area (Å²) in [4.78, 5) is 4.46. The number of halogens is 2. The largest absolute Gasteiger partial charge is 0.489 e. The predicted octanol–water partition coefficient (Wildman–Crippen LogP) is 6.86. The van der Waals surface area contributed by atoms with Gasteiger partial charge < -0.3 is 10.1 Å². The quantitative estimate of drug-likeness (QED) is 0.481. The third-order valence-electron chi connectivity index (χ3n) is 5.25. The first-order chi connectivity index (χ1) is 14.2. The van der Waals surface area contributed by atoms with Crippen molar-refractivity contribution < 1.29 is 9.13 Å². The number of benzene rings is 2. The van der Waals surface area contributed by atoms with Gasteiger partial charge in [0.1, 0.15) is 24.0 Å². The molecule has 29 heavy (non-hydrogen) atoms. The van der Waals surface area contributed by atoms with Gasteiger partial charge in [0.15, 0.2) is 0 Å². The molecule has 1 heterocycles. The van der Waals surface area contributed by atoms with Gasteiger partial charge in [0.25, 0.3) is 0 Å². The van der Waals surface area contributed by atoms with E-state index < -0.39 is 0 Å². The Balaban J connectivity index is 1.50. The minimum absolute atomic E-state index is 0.263. The van der Waals surface area contributed by atoms with Crippen LogP contribution in [0.1, 0.15) is 37.7 Å². The van der Waals surface area contributed by atoms with Crippen molar-refractivity contribution in [1.82, 2.24) is 4.98 Å². The first kappa shape index (κ1) is 19.7. The van der Waals surface area contributed by atoms with Crippen LogP contribution in [0.15, 0.2) is 60.8 Å². The molecule has 0 aliphatic heterocycles. The van der Waals surface area contributed by atoms with Crippen LogP contribution >= 0.6 is 11.6 Å². The molecule has 1 aromatic heterocycles. The van der Waals surface area contributed by atoms with Gasteiger partial charge in [0, 0.05) is 17.8 Å². The fraction of sp³-hybridized carbons (Fsp3) is 0.292. The highest BCUT2D eigenvalue weighted by atomic mass is 35.5. The lowest BCUT2D eigenvalue weighted by atomic mass is 9.95. The van der Waals surface area contributed by atoms with E-state index in [1.54, 1.807) is 12.3 Å². The molecule has 1 N–H and O–H groups in total. The first-order valence-electron chi connectivity index (χ1n) is 10.1. The van der Waals surface area contributed by atoms with E-state index >= 15 is 0 Å². The zero-order chi connectivity index (χ0) is 20.1. The van der Waals surface area contributed by atoms with E-state index in [0.29, 0.717) is 23.4 Å². The van der Waals surface area contributed by atoms with Gasteiger partial charge in [-0.1, -0.05) is 55.1 Å². The van der Waals surface area contributed by atoms with E-state index in [0.717, 1.165) is 22.5 Å². The molecule has 0 amide bonds. The zero-order valence-corrected chi connectivity index (χ0v) is 17.0. The topological polar surface area (TPSA) is 34.1 Å². The van der Waals surface area contributed by atoms with Gasteiger partial charge in [-0.2, -0.15) is 0 Å². The molecule has 1 aliphatic rings. The molecule has 3 aromatic rings. The highest BCUT2D eigenvalue weighted by Gasteiger charge is 2.15. The molecule has 4 rings (SSSR count). The molecule has 1 saturated carbocycles. The van der Waals surface area contributed by atoms with Gasteiger partial charge in [-0.3, -0.25) is 0 Å². The molecule has 1 aliphatic carbocycles. The molecule has 0 radical (unpaired) electrons. The summed E-state index contributed by atoms with van der Waals surface area (Å²) >= 11 is 6.44. The maximum Gasteiger partial charge on any atom is 0.126 e. The summed E-state index contributed by atoms with van der Waals surface area (Å²) in [5.41, 5.74) is 2.66. The Hall–Kier alpha value is -2.59. The Morgan fingerprint density at radius 1 is 1.03 bits per heavy atom. The van der Waals surface area contributed by atoms with Crippen molar-refractivity contribution in [3.05, 3.63) is 77.2 Å². The third-order valence-corrected chi connectivity index (χ3v) is 5.55. The van der Waals surface area contributed by atoms with Crippen molar-refractivity contribution in [3.8, 4) is 16.9 Å². The van der Waals surface area contributed by atoms with Crippen molar-refractivity contribution in [2.45, 2.75) is 44.8 Å². The van der Waals surface area contributed by atoms with Crippen molar-refractivity contribution in [3.63, 3.8) is 0 Å². The van der Waals surface area contributed by atoms with Crippen LogP contribution in [-0.4, -0.2) is 11.0 Å². The number of ether oxygens (including phenoxy) is 1. The third kappa shape index (κ3) is 5.27. The Morgan fingerprint density at radius 3 is 2.69 bits per heavy atom. The van der Waals surface area contributed by atoms with Crippen LogP contribution in [0.2, 0.25) is 5.02 Å². The van der Waals surface area contributed by atoms with Gasteiger partial charge in [-0.25, -0.2) is 9.37 Å². The number of aromatic nitrogens is 1. The monoisotopic (exact) mass is 410 g/mol. The molecule has 2 aromatic carbocycles. The maximum atomic E-state index is 13.3. The van der Waals surface area contributed by atoms with Gasteiger partial charge in [0.05, 0.1) is 5.02 Å². The second-order valence-corrected chi connectivity index (χ2v) is 7.88. The Bertz CT molecular complexity index is 973. The van der Waals surface area contributed by atoms with Crippen molar-refractivity contribution >= 4 is 17.4 Å². The molecule has 1 fully saturated rings. The lowest BCUT2D eigenvalue weighted by Crippen LogP contribution is -2.22. The van der Waals surface area contributed by atoms with E-state index in [1.165, 1.54) is 44.2 Å². The van der Waals surface area contributed by atoms with Crippen molar-refractivity contribution in [1.29, 1.82) is 0 Å². The zero-order valence-electron chi connectivity index (χ0n) is 16.2. The fourth-order valence-corrected chi connectivity index (χ4v) is 3.95. The standard InChI is InChI=1S/C24H24ClFN2O/c25-23-15-27-24(28-20-9-2-1-3-10-20)14-22(23)18-7-5-11-21(13-18)29-16-17-6-4-8-19(26)12-17/h4-8,11-15,20H,1-3,9-10,16H2,(H,27,28). The average Bonchev–Trinajstić information content (AvgIpc) is 2.75. The number of anilines is 1. The molecule has 0 unspecified atom stereocenters. The van der Waals surface area contributed by atoms with Crippen LogP contribution in [0.4, 0.5) is 10.2 Å². The van der Waals surface area contributed by atoms with Crippen molar-refractivity contribution in [2.75, 3.05) is 5.32 Å². The number of nitrogens with one attached hydrogen (secondary N) is 1. The summed E-state index contributed by atoms with van der Waals surface area (Å²) in [6.07, 6.45) is 7.92. The summed E-state index contributed by atoms with van der Waals surface area (Å²) in [6.45, 7) is 0.305. The molecular formula is C24H24ClFN2O. The minimum Gasteiger partial charge on any atom is -0.489 e. The number of rotatable bonds is 6.